The Labute approximate surface area is 139 Å². The zero-order chi connectivity index (χ0) is 16.4. The van der Waals surface area contributed by atoms with Gasteiger partial charge in [-0.1, -0.05) is 12.1 Å². The van der Waals surface area contributed by atoms with Crippen LogP contribution in [0.1, 0.15) is 24.6 Å². The van der Waals surface area contributed by atoms with Gasteiger partial charge in [0.2, 0.25) is 5.95 Å². The largest absolute Gasteiger partial charge is 0.497 e. The molecule has 1 aliphatic rings. The van der Waals surface area contributed by atoms with E-state index in [2.05, 4.69) is 20.3 Å². The Bertz CT molecular complexity index is 825. The van der Waals surface area contributed by atoms with Crippen molar-refractivity contribution in [2.24, 2.45) is 0 Å². The van der Waals surface area contributed by atoms with E-state index < -0.39 is 0 Å². The van der Waals surface area contributed by atoms with Crippen LogP contribution in [0.15, 0.2) is 36.8 Å². The molecule has 3 heterocycles. The van der Waals surface area contributed by atoms with Crippen LogP contribution < -0.4 is 10.1 Å². The molecule has 7 nitrogen and oxygen atoms in total. The summed E-state index contributed by atoms with van der Waals surface area (Å²) in [6.07, 6.45) is 5.61. The maximum Gasteiger partial charge on any atom is 0.225 e. The van der Waals surface area contributed by atoms with E-state index in [4.69, 9.17) is 9.47 Å². The summed E-state index contributed by atoms with van der Waals surface area (Å²) in [6, 6.07) is 7.91. The predicted molar refractivity (Wildman–Crippen MR) is 89.9 cm³/mol. The SMILES string of the molecule is COc1ccc(CNc2ncc3ncn(C4CCCO4)c3n2)cc1. The molecule has 4 rings (SSSR count). The van der Waals surface area contributed by atoms with Gasteiger partial charge in [-0.3, -0.25) is 4.57 Å². The minimum absolute atomic E-state index is 0.0272. The van der Waals surface area contributed by atoms with Gasteiger partial charge in [0.05, 0.1) is 19.6 Å². The fraction of sp³-hybridized carbons (Fsp3) is 0.353. The molecule has 0 bridgehead atoms. The fourth-order valence-electron chi connectivity index (χ4n) is 2.83. The van der Waals surface area contributed by atoms with Crippen LogP contribution in [-0.2, 0) is 11.3 Å². The number of methoxy groups -OCH3 is 1. The first kappa shape index (κ1) is 14.9. The normalized spacial score (nSPS) is 17.3. The number of hydrogen-bond acceptors (Lipinski definition) is 6. The molecule has 124 valence electrons. The number of hydrogen-bond donors (Lipinski definition) is 1. The highest BCUT2D eigenvalue weighted by atomic mass is 16.5. The predicted octanol–water partition coefficient (Wildman–Crippen LogP) is 2.76. The first-order valence-corrected chi connectivity index (χ1v) is 8.01. The van der Waals surface area contributed by atoms with Crippen molar-refractivity contribution < 1.29 is 9.47 Å². The molecule has 2 aromatic heterocycles. The summed E-state index contributed by atoms with van der Waals surface area (Å²) in [4.78, 5) is 13.3. The Morgan fingerprint density at radius 2 is 2.17 bits per heavy atom. The Morgan fingerprint density at radius 1 is 1.29 bits per heavy atom. The highest BCUT2D eigenvalue weighted by molar-refractivity contribution is 5.71. The number of aromatic nitrogens is 4. The highest BCUT2D eigenvalue weighted by Gasteiger charge is 2.20. The lowest BCUT2D eigenvalue weighted by Gasteiger charge is -2.12. The summed E-state index contributed by atoms with van der Waals surface area (Å²) in [5.41, 5.74) is 2.71. The molecule has 1 atom stereocenters. The van der Waals surface area contributed by atoms with Crippen LogP contribution in [0.25, 0.3) is 11.2 Å². The van der Waals surface area contributed by atoms with Crippen molar-refractivity contribution in [1.29, 1.82) is 0 Å². The number of ether oxygens (including phenoxy) is 2. The van der Waals surface area contributed by atoms with Crippen LogP contribution >= 0.6 is 0 Å². The van der Waals surface area contributed by atoms with Crippen LogP contribution in [0.4, 0.5) is 5.95 Å². The molecule has 1 fully saturated rings. The van der Waals surface area contributed by atoms with Gasteiger partial charge in [-0.2, -0.15) is 4.98 Å². The van der Waals surface area contributed by atoms with Crippen molar-refractivity contribution in [3.8, 4) is 5.75 Å². The molecule has 1 aromatic carbocycles. The zero-order valence-corrected chi connectivity index (χ0v) is 13.5. The molecular formula is C17H19N5O2. The van der Waals surface area contributed by atoms with Crippen LogP contribution in [-0.4, -0.2) is 33.2 Å². The third-order valence-corrected chi connectivity index (χ3v) is 4.14. The van der Waals surface area contributed by atoms with E-state index in [1.54, 1.807) is 19.6 Å². The smallest absolute Gasteiger partial charge is 0.225 e. The van der Waals surface area contributed by atoms with Gasteiger partial charge in [0.25, 0.3) is 0 Å². The molecule has 3 aromatic rings. The molecule has 0 saturated carbocycles. The molecule has 0 aliphatic carbocycles. The van der Waals surface area contributed by atoms with Gasteiger partial charge >= 0.3 is 0 Å². The van der Waals surface area contributed by atoms with E-state index >= 15 is 0 Å². The van der Waals surface area contributed by atoms with Gasteiger partial charge in [0, 0.05) is 13.2 Å². The standard InChI is InChI=1S/C17H19N5O2/c1-23-13-6-4-12(5-7-13)9-18-17-19-10-14-16(21-17)22(11-20-14)15-3-2-8-24-15/h4-7,10-11,15H,2-3,8-9H2,1H3,(H,18,19,21). The van der Waals surface area contributed by atoms with Gasteiger partial charge in [-0.05, 0) is 30.5 Å². The van der Waals surface area contributed by atoms with Crippen molar-refractivity contribution in [1.82, 2.24) is 19.5 Å². The lowest BCUT2D eigenvalue weighted by atomic mass is 10.2. The second-order valence-corrected chi connectivity index (χ2v) is 5.72. The van der Waals surface area contributed by atoms with Gasteiger partial charge < -0.3 is 14.8 Å². The van der Waals surface area contributed by atoms with Crippen molar-refractivity contribution in [2.75, 3.05) is 19.0 Å². The van der Waals surface area contributed by atoms with E-state index in [0.717, 1.165) is 41.9 Å². The summed E-state index contributed by atoms with van der Waals surface area (Å²) >= 11 is 0. The van der Waals surface area contributed by atoms with Gasteiger partial charge in [-0.15, -0.1) is 0 Å². The summed E-state index contributed by atoms with van der Waals surface area (Å²) in [7, 11) is 1.66. The zero-order valence-electron chi connectivity index (χ0n) is 13.5. The summed E-state index contributed by atoms with van der Waals surface area (Å²) in [5, 5.41) is 3.25. The Hall–Kier alpha value is -2.67. The highest BCUT2D eigenvalue weighted by Crippen LogP contribution is 2.26. The molecule has 1 unspecified atom stereocenters. The lowest BCUT2D eigenvalue weighted by molar-refractivity contribution is 0.0593. The number of benzene rings is 1. The quantitative estimate of drug-likeness (QED) is 0.777. The second kappa shape index (κ2) is 6.45. The van der Waals surface area contributed by atoms with E-state index in [1.165, 1.54) is 0 Å². The Morgan fingerprint density at radius 3 is 2.92 bits per heavy atom. The van der Waals surface area contributed by atoms with Crippen LogP contribution in [0.2, 0.25) is 0 Å². The first-order chi connectivity index (χ1) is 11.8. The maximum absolute atomic E-state index is 5.73. The van der Waals surface area contributed by atoms with Crippen LogP contribution in [0.5, 0.6) is 5.75 Å². The van der Waals surface area contributed by atoms with E-state index in [9.17, 15) is 0 Å². The van der Waals surface area contributed by atoms with Gasteiger partial charge in [-0.25, -0.2) is 9.97 Å². The third kappa shape index (κ3) is 2.90. The van der Waals surface area contributed by atoms with E-state index in [1.807, 2.05) is 28.8 Å². The third-order valence-electron chi connectivity index (χ3n) is 4.14. The topological polar surface area (TPSA) is 74.1 Å². The fourth-order valence-corrected chi connectivity index (χ4v) is 2.83. The van der Waals surface area contributed by atoms with Gasteiger partial charge in [0.1, 0.15) is 17.5 Å². The molecular weight excluding hydrogens is 306 g/mol. The number of rotatable bonds is 5. The van der Waals surface area contributed by atoms with Crippen molar-refractivity contribution >= 4 is 17.1 Å². The second-order valence-electron chi connectivity index (χ2n) is 5.72. The van der Waals surface area contributed by atoms with Crippen molar-refractivity contribution in [3.63, 3.8) is 0 Å². The first-order valence-electron chi connectivity index (χ1n) is 8.01. The summed E-state index contributed by atoms with van der Waals surface area (Å²) < 4.78 is 12.9. The molecule has 0 spiro atoms. The van der Waals surface area contributed by atoms with Crippen LogP contribution in [0.3, 0.4) is 0 Å². The Balaban J connectivity index is 1.52. The van der Waals surface area contributed by atoms with Gasteiger partial charge in [0.15, 0.2) is 5.65 Å². The molecule has 0 amide bonds. The molecule has 1 N–H and O–H groups in total. The monoisotopic (exact) mass is 325 g/mol. The van der Waals surface area contributed by atoms with E-state index in [-0.39, 0.29) is 6.23 Å². The average molecular weight is 325 g/mol. The molecule has 7 heteroatoms. The lowest BCUT2D eigenvalue weighted by Crippen LogP contribution is -2.08. The minimum atomic E-state index is 0.0272. The molecule has 0 radical (unpaired) electrons. The number of anilines is 1. The van der Waals surface area contributed by atoms with Crippen molar-refractivity contribution in [2.45, 2.75) is 25.6 Å². The molecule has 1 saturated heterocycles. The Kier molecular flexibility index (Phi) is 4.00. The summed E-state index contributed by atoms with van der Waals surface area (Å²) in [5.74, 6) is 1.43. The molecule has 24 heavy (non-hydrogen) atoms. The number of fused-ring (bicyclic) bond motifs is 1. The molecule has 1 aliphatic heterocycles. The minimum Gasteiger partial charge on any atom is -0.497 e. The average Bonchev–Trinajstić information content (AvgIpc) is 3.29. The number of nitrogens with zero attached hydrogens (tertiary/aromatic N) is 4. The maximum atomic E-state index is 5.73. The number of nitrogens with one attached hydrogen (secondary N) is 1. The van der Waals surface area contributed by atoms with Crippen molar-refractivity contribution in [3.05, 3.63) is 42.4 Å². The van der Waals surface area contributed by atoms with E-state index in [0.29, 0.717) is 12.5 Å². The summed E-state index contributed by atoms with van der Waals surface area (Å²) in [6.45, 7) is 1.43. The number of imidazole rings is 1. The van der Waals surface area contributed by atoms with Crippen LogP contribution in [0, 0.1) is 0 Å².